The first-order chi connectivity index (χ1) is 7.27. The standard InChI is InChI=1S/C9H12O5S2.Mg/c1-3-14-16(12,13)9-6-4-8(5-7-9)15(2,10)11;/h4-7H,3H2,1-2H3;. The van der Waals surface area contributed by atoms with Crippen LogP contribution in [0.15, 0.2) is 34.1 Å². The van der Waals surface area contributed by atoms with Gasteiger partial charge in [0.25, 0.3) is 10.1 Å². The van der Waals surface area contributed by atoms with Crippen LogP contribution in [0.4, 0.5) is 0 Å². The Morgan fingerprint density at radius 3 is 1.76 bits per heavy atom. The van der Waals surface area contributed by atoms with E-state index in [1.807, 2.05) is 0 Å². The van der Waals surface area contributed by atoms with Gasteiger partial charge in [0, 0.05) is 29.3 Å². The highest BCUT2D eigenvalue weighted by molar-refractivity contribution is 7.90. The summed E-state index contributed by atoms with van der Waals surface area (Å²) in [4.78, 5) is 0.0182. The molecular weight excluding hydrogens is 277 g/mol. The lowest BCUT2D eigenvalue weighted by Gasteiger charge is -2.04. The van der Waals surface area contributed by atoms with Gasteiger partial charge in [-0.1, -0.05) is 0 Å². The molecule has 0 heterocycles. The number of hydrogen-bond acceptors (Lipinski definition) is 5. The minimum Gasteiger partial charge on any atom is -0.267 e. The summed E-state index contributed by atoms with van der Waals surface area (Å²) < 4.78 is 49.7. The molecule has 1 aromatic carbocycles. The van der Waals surface area contributed by atoms with Crippen molar-refractivity contribution in [3.05, 3.63) is 24.3 Å². The zero-order valence-electron chi connectivity index (χ0n) is 9.58. The summed E-state index contributed by atoms with van der Waals surface area (Å²) in [6.45, 7) is 1.60. The summed E-state index contributed by atoms with van der Waals surface area (Å²) in [7, 11) is -7.08. The second-order valence-electron chi connectivity index (χ2n) is 3.10. The molecule has 92 valence electrons. The van der Waals surface area contributed by atoms with Gasteiger partial charge in [0.15, 0.2) is 9.84 Å². The summed E-state index contributed by atoms with van der Waals surface area (Å²) in [6, 6.07) is 4.89. The highest BCUT2D eigenvalue weighted by atomic mass is 32.2. The van der Waals surface area contributed by atoms with E-state index in [4.69, 9.17) is 0 Å². The van der Waals surface area contributed by atoms with Gasteiger partial charge in [-0.15, -0.1) is 0 Å². The molecule has 0 aliphatic carbocycles. The van der Waals surface area contributed by atoms with E-state index >= 15 is 0 Å². The maximum absolute atomic E-state index is 11.4. The van der Waals surface area contributed by atoms with Gasteiger partial charge in [0.1, 0.15) is 0 Å². The van der Waals surface area contributed by atoms with Crippen LogP contribution < -0.4 is 0 Å². The van der Waals surface area contributed by atoms with Gasteiger partial charge >= 0.3 is 0 Å². The fourth-order valence-corrected chi connectivity index (χ4v) is 2.62. The zero-order chi connectivity index (χ0) is 12.4. The average molecular weight is 289 g/mol. The quantitative estimate of drug-likeness (QED) is 0.593. The Morgan fingerprint density at radius 2 is 1.41 bits per heavy atom. The van der Waals surface area contributed by atoms with E-state index in [1.165, 1.54) is 24.3 Å². The molecule has 0 aliphatic heterocycles. The van der Waals surface area contributed by atoms with Crippen molar-refractivity contribution in [3.8, 4) is 0 Å². The Bertz CT molecular complexity index is 560. The largest absolute Gasteiger partial charge is 0.296 e. The van der Waals surface area contributed by atoms with Gasteiger partial charge < -0.3 is 0 Å². The Morgan fingerprint density at radius 1 is 1.00 bits per heavy atom. The van der Waals surface area contributed by atoms with Crippen LogP contribution in [0.25, 0.3) is 0 Å². The molecule has 17 heavy (non-hydrogen) atoms. The molecule has 0 aliphatic rings. The predicted octanol–water partition coefficient (Wildman–Crippen LogP) is 0.435. The fourth-order valence-electron chi connectivity index (χ4n) is 1.08. The normalized spacial score (nSPS) is 11.9. The fraction of sp³-hybridized carbons (Fsp3) is 0.333. The number of hydrogen-bond donors (Lipinski definition) is 0. The highest BCUT2D eigenvalue weighted by Gasteiger charge is 2.15. The van der Waals surface area contributed by atoms with Crippen molar-refractivity contribution >= 4 is 43.0 Å². The van der Waals surface area contributed by atoms with Gasteiger partial charge in [-0.3, -0.25) is 4.18 Å². The van der Waals surface area contributed by atoms with Crippen LogP contribution in [-0.4, -0.2) is 52.8 Å². The van der Waals surface area contributed by atoms with Gasteiger partial charge in [0.2, 0.25) is 0 Å². The number of rotatable bonds is 4. The molecule has 0 bridgehead atoms. The van der Waals surface area contributed by atoms with E-state index in [2.05, 4.69) is 4.18 Å². The second kappa shape index (κ2) is 6.14. The Balaban J connectivity index is 0.00000256. The number of sulfone groups is 1. The van der Waals surface area contributed by atoms with Crippen molar-refractivity contribution in [3.63, 3.8) is 0 Å². The molecule has 8 heteroatoms. The summed E-state index contributed by atoms with van der Waals surface area (Å²) >= 11 is 0. The van der Waals surface area contributed by atoms with Gasteiger partial charge in [-0.05, 0) is 31.2 Å². The van der Waals surface area contributed by atoms with Crippen LogP contribution in [0, 0.1) is 0 Å². The van der Waals surface area contributed by atoms with E-state index in [0.29, 0.717) is 0 Å². The van der Waals surface area contributed by atoms with Crippen molar-refractivity contribution < 1.29 is 21.0 Å². The SMILES string of the molecule is CCOS(=O)(=O)c1ccc(S(C)(=O)=O)cc1.[Mg]. The van der Waals surface area contributed by atoms with Crippen molar-refractivity contribution in [2.24, 2.45) is 0 Å². The van der Waals surface area contributed by atoms with E-state index in [1.54, 1.807) is 6.92 Å². The Kier molecular flexibility index (Phi) is 6.09. The zero-order valence-corrected chi connectivity index (χ0v) is 12.6. The molecular formula is C9H12MgO5S2. The van der Waals surface area contributed by atoms with Gasteiger partial charge in [-0.2, -0.15) is 8.42 Å². The van der Waals surface area contributed by atoms with E-state index in [-0.39, 0.29) is 39.5 Å². The Labute approximate surface area is 117 Å². The molecule has 1 rings (SSSR count). The minimum atomic E-state index is -3.77. The first-order valence-electron chi connectivity index (χ1n) is 4.47. The lowest BCUT2D eigenvalue weighted by atomic mass is 10.4. The third kappa shape index (κ3) is 4.55. The molecule has 0 fully saturated rings. The molecule has 2 radical (unpaired) electrons. The van der Waals surface area contributed by atoms with Crippen LogP contribution in [0.1, 0.15) is 6.92 Å². The smallest absolute Gasteiger partial charge is 0.267 e. The Hall–Kier alpha value is -0.154. The molecule has 0 N–H and O–H groups in total. The maximum Gasteiger partial charge on any atom is 0.296 e. The summed E-state index contributed by atoms with van der Waals surface area (Å²) in [5.74, 6) is 0. The van der Waals surface area contributed by atoms with Gasteiger partial charge in [-0.25, -0.2) is 8.42 Å². The molecule has 0 spiro atoms. The molecule has 1 aromatic rings. The van der Waals surface area contributed by atoms with Crippen LogP contribution >= 0.6 is 0 Å². The summed E-state index contributed by atoms with van der Waals surface area (Å²) in [5, 5.41) is 0. The summed E-state index contributed by atoms with van der Waals surface area (Å²) in [5.41, 5.74) is 0. The third-order valence-electron chi connectivity index (χ3n) is 1.81. The molecule has 0 unspecified atom stereocenters. The predicted molar refractivity (Wildman–Crippen MR) is 64.1 cm³/mol. The lowest BCUT2D eigenvalue weighted by molar-refractivity contribution is 0.338. The van der Waals surface area contributed by atoms with Crippen molar-refractivity contribution in [2.45, 2.75) is 16.7 Å². The molecule has 0 saturated heterocycles. The van der Waals surface area contributed by atoms with Crippen molar-refractivity contribution in [2.75, 3.05) is 12.9 Å². The molecule has 0 saturated carbocycles. The van der Waals surface area contributed by atoms with Crippen LogP contribution in [0.5, 0.6) is 0 Å². The molecule has 0 atom stereocenters. The van der Waals surface area contributed by atoms with Crippen molar-refractivity contribution in [1.82, 2.24) is 0 Å². The van der Waals surface area contributed by atoms with E-state index in [0.717, 1.165) is 6.26 Å². The second-order valence-corrected chi connectivity index (χ2v) is 6.74. The highest BCUT2D eigenvalue weighted by Crippen LogP contribution is 2.16. The van der Waals surface area contributed by atoms with E-state index in [9.17, 15) is 16.8 Å². The van der Waals surface area contributed by atoms with E-state index < -0.39 is 20.0 Å². The van der Waals surface area contributed by atoms with Gasteiger partial charge in [0.05, 0.1) is 16.4 Å². The topological polar surface area (TPSA) is 77.5 Å². The maximum atomic E-state index is 11.4. The van der Waals surface area contributed by atoms with Crippen LogP contribution in [0.3, 0.4) is 0 Å². The minimum absolute atomic E-state index is 0. The first-order valence-corrected chi connectivity index (χ1v) is 7.77. The van der Waals surface area contributed by atoms with Crippen LogP contribution in [0.2, 0.25) is 0 Å². The third-order valence-corrected chi connectivity index (χ3v) is 4.34. The molecule has 0 amide bonds. The number of benzene rings is 1. The lowest BCUT2D eigenvalue weighted by Crippen LogP contribution is -2.06. The average Bonchev–Trinajstić information content (AvgIpc) is 2.16. The van der Waals surface area contributed by atoms with Crippen molar-refractivity contribution in [1.29, 1.82) is 0 Å². The molecule has 0 aromatic heterocycles. The van der Waals surface area contributed by atoms with Crippen LogP contribution in [-0.2, 0) is 24.1 Å². The summed E-state index contributed by atoms with van der Waals surface area (Å²) in [6.07, 6.45) is 1.05. The monoisotopic (exact) mass is 288 g/mol. The molecule has 5 nitrogen and oxygen atoms in total. The first kappa shape index (κ1) is 16.8.